The Balaban J connectivity index is 1.74. The summed E-state index contributed by atoms with van der Waals surface area (Å²) in [6, 6.07) is 8.83. The van der Waals surface area contributed by atoms with Crippen LogP contribution < -0.4 is 27.4 Å². The largest absolute Gasteiger partial charge is 0.341 e. The summed E-state index contributed by atoms with van der Waals surface area (Å²) < 4.78 is 4.49. The van der Waals surface area contributed by atoms with Crippen LogP contribution in [0.5, 0.6) is 0 Å². The fourth-order valence-corrected chi connectivity index (χ4v) is 4.96. The quantitative estimate of drug-likeness (QED) is 0.411. The Morgan fingerprint density at radius 3 is 2.72 bits per heavy atom. The van der Waals surface area contributed by atoms with Gasteiger partial charge in [-0.2, -0.15) is 4.98 Å². The molecule has 0 aliphatic carbocycles. The van der Waals surface area contributed by atoms with Crippen LogP contribution in [0.25, 0.3) is 22.1 Å². The molecular weight excluding hydrogens is 458 g/mol. The SMILES string of the molecule is CC(C)=CCn1c(N2CCCC(N)C2)nc2c1c(=O)n(Cc1cc(=O)[nH]c3ccccc13)c(=O)n2C. The average Bonchev–Trinajstić information content (AvgIpc) is 3.23. The molecule has 1 atom stereocenters. The first-order chi connectivity index (χ1) is 17.2. The Kier molecular flexibility index (Phi) is 6.13. The minimum atomic E-state index is -0.481. The number of benzene rings is 1. The lowest BCUT2D eigenvalue weighted by Gasteiger charge is -2.31. The summed E-state index contributed by atoms with van der Waals surface area (Å²) in [5.74, 6) is 0.643. The molecule has 3 N–H and O–H groups in total. The molecule has 4 aromatic rings. The normalized spacial score (nSPS) is 16.1. The van der Waals surface area contributed by atoms with Crippen LogP contribution in [0.4, 0.5) is 5.95 Å². The van der Waals surface area contributed by atoms with Gasteiger partial charge in [-0.25, -0.2) is 4.79 Å². The predicted molar refractivity (Wildman–Crippen MR) is 142 cm³/mol. The van der Waals surface area contributed by atoms with Gasteiger partial charge in [-0.05, 0) is 38.3 Å². The first kappa shape index (κ1) is 23.8. The highest BCUT2D eigenvalue weighted by Crippen LogP contribution is 2.23. The molecule has 0 spiro atoms. The standard InChI is InChI=1S/C26H31N7O3/c1-16(2)10-12-32-22-23(29-25(32)31-11-6-7-18(27)15-31)30(3)26(36)33(24(22)35)14-17-13-21(34)28-20-9-5-4-8-19(17)20/h4-5,8-10,13,18H,6-7,11-12,14-15,27H2,1-3H3,(H,28,34). The van der Waals surface area contributed by atoms with Crippen molar-refractivity contribution in [3.63, 3.8) is 0 Å². The van der Waals surface area contributed by atoms with E-state index in [2.05, 4.69) is 9.88 Å². The number of imidazole rings is 1. The number of hydrogen-bond acceptors (Lipinski definition) is 6. The molecule has 5 rings (SSSR count). The van der Waals surface area contributed by atoms with E-state index >= 15 is 0 Å². The van der Waals surface area contributed by atoms with Gasteiger partial charge in [0, 0.05) is 49.7 Å². The molecule has 1 aliphatic rings. The highest BCUT2D eigenvalue weighted by molar-refractivity contribution is 5.82. The van der Waals surface area contributed by atoms with Gasteiger partial charge in [-0.3, -0.25) is 18.7 Å². The van der Waals surface area contributed by atoms with Crippen LogP contribution in [-0.4, -0.2) is 42.8 Å². The Bertz CT molecular complexity index is 1670. The van der Waals surface area contributed by atoms with Crippen molar-refractivity contribution in [2.45, 2.75) is 45.8 Å². The highest BCUT2D eigenvalue weighted by Gasteiger charge is 2.26. The van der Waals surface area contributed by atoms with E-state index in [0.29, 0.717) is 41.3 Å². The first-order valence-corrected chi connectivity index (χ1v) is 12.2. The van der Waals surface area contributed by atoms with Crippen LogP contribution in [0.15, 0.2) is 56.4 Å². The monoisotopic (exact) mass is 489 g/mol. The zero-order chi connectivity index (χ0) is 25.6. The van der Waals surface area contributed by atoms with E-state index in [1.54, 1.807) is 13.1 Å². The second-order valence-electron chi connectivity index (χ2n) is 9.76. The number of aromatic amines is 1. The van der Waals surface area contributed by atoms with E-state index < -0.39 is 11.2 Å². The number of aryl methyl sites for hydroxylation is 1. The van der Waals surface area contributed by atoms with Gasteiger partial charge in [0.1, 0.15) is 0 Å². The van der Waals surface area contributed by atoms with Crippen molar-refractivity contribution in [1.29, 1.82) is 0 Å². The number of allylic oxidation sites excluding steroid dienone is 2. The van der Waals surface area contributed by atoms with Crippen molar-refractivity contribution >= 4 is 28.0 Å². The maximum Gasteiger partial charge on any atom is 0.332 e. The van der Waals surface area contributed by atoms with Gasteiger partial charge in [0.15, 0.2) is 11.2 Å². The minimum absolute atomic E-state index is 0.0242. The number of anilines is 1. The number of rotatable bonds is 5. The van der Waals surface area contributed by atoms with E-state index in [1.165, 1.54) is 15.2 Å². The van der Waals surface area contributed by atoms with Gasteiger partial charge < -0.3 is 20.2 Å². The summed E-state index contributed by atoms with van der Waals surface area (Å²) in [5.41, 5.74) is 8.11. The van der Waals surface area contributed by atoms with Crippen molar-refractivity contribution in [2.24, 2.45) is 12.8 Å². The number of H-pyrrole nitrogens is 1. The number of nitrogens with two attached hydrogens (primary N) is 1. The summed E-state index contributed by atoms with van der Waals surface area (Å²) in [6.07, 6.45) is 3.92. The molecule has 10 nitrogen and oxygen atoms in total. The number of aromatic nitrogens is 5. The number of fused-ring (bicyclic) bond motifs is 2. The maximum atomic E-state index is 13.9. The number of pyridine rings is 1. The van der Waals surface area contributed by atoms with Crippen molar-refractivity contribution in [3.05, 3.63) is 78.7 Å². The molecule has 1 unspecified atom stereocenters. The van der Waals surface area contributed by atoms with Crippen molar-refractivity contribution in [1.82, 2.24) is 23.7 Å². The van der Waals surface area contributed by atoms with E-state index in [0.717, 1.165) is 30.3 Å². The number of hydrogen-bond donors (Lipinski definition) is 2. The molecule has 4 heterocycles. The first-order valence-electron chi connectivity index (χ1n) is 12.2. The zero-order valence-corrected chi connectivity index (χ0v) is 20.8. The molecule has 1 saturated heterocycles. The smallest absolute Gasteiger partial charge is 0.332 e. The lowest BCUT2D eigenvalue weighted by molar-refractivity contribution is 0.495. The molecule has 0 amide bonds. The lowest BCUT2D eigenvalue weighted by atomic mass is 10.1. The third-order valence-electron chi connectivity index (χ3n) is 6.80. The maximum absolute atomic E-state index is 13.9. The molecule has 1 aliphatic heterocycles. The van der Waals surface area contributed by atoms with Crippen molar-refractivity contribution < 1.29 is 0 Å². The summed E-state index contributed by atoms with van der Waals surface area (Å²) in [7, 11) is 1.63. The molecule has 188 valence electrons. The Morgan fingerprint density at radius 2 is 1.97 bits per heavy atom. The molecule has 3 aromatic heterocycles. The predicted octanol–water partition coefficient (Wildman–Crippen LogP) is 1.68. The number of nitrogens with one attached hydrogen (secondary N) is 1. The fourth-order valence-electron chi connectivity index (χ4n) is 4.96. The van der Waals surface area contributed by atoms with Gasteiger partial charge in [0.25, 0.3) is 5.56 Å². The van der Waals surface area contributed by atoms with Crippen LogP contribution in [-0.2, 0) is 20.1 Å². The molecule has 1 aromatic carbocycles. The van der Waals surface area contributed by atoms with Gasteiger partial charge in [-0.1, -0.05) is 29.8 Å². The van der Waals surface area contributed by atoms with E-state index in [-0.39, 0.29) is 18.1 Å². The topological polar surface area (TPSA) is 124 Å². The molecule has 1 fully saturated rings. The average molecular weight is 490 g/mol. The summed E-state index contributed by atoms with van der Waals surface area (Å²) >= 11 is 0. The van der Waals surface area contributed by atoms with Gasteiger partial charge in [-0.15, -0.1) is 0 Å². The Labute approximate surface area is 207 Å². The van der Waals surface area contributed by atoms with E-state index in [4.69, 9.17) is 10.7 Å². The minimum Gasteiger partial charge on any atom is -0.341 e. The number of nitrogens with zero attached hydrogens (tertiary/aromatic N) is 5. The molecule has 0 radical (unpaired) electrons. The summed E-state index contributed by atoms with van der Waals surface area (Å²) in [4.78, 5) is 49.3. The van der Waals surface area contributed by atoms with Crippen molar-refractivity contribution in [3.8, 4) is 0 Å². The number of piperidine rings is 1. The van der Waals surface area contributed by atoms with Crippen molar-refractivity contribution in [2.75, 3.05) is 18.0 Å². The molecule has 36 heavy (non-hydrogen) atoms. The molecule has 10 heteroatoms. The van der Waals surface area contributed by atoms with Crippen LogP contribution in [0.2, 0.25) is 0 Å². The van der Waals surface area contributed by atoms with Crippen LogP contribution >= 0.6 is 0 Å². The Hall–Kier alpha value is -3.92. The fraction of sp³-hybridized carbons (Fsp3) is 0.385. The second kappa shape index (κ2) is 9.27. The van der Waals surface area contributed by atoms with E-state index in [1.807, 2.05) is 42.7 Å². The van der Waals surface area contributed by atoms with Gasteiger partial charge in [0.2, 0.25) is 11.5 Å². The van der Waals surface area contributed by atoms with Crippen LogP contribution in [0.1, 0.15) is 32.3 Å². The molecule has 0 saturated carbocycles. The van der Waals surface area contributed by atoms with Crippen LogP contribution in [0, 0.1) is 0 Å². The second-order valence-corrected chi connectivity index (χ2v) is 9.76. The molecular formula is C26H31N7O3. The summed E-state index contributed by atoms with van der Waals surface area (Å²) in [5, 5.41) is 0.784. The Morgan fingerprint density at radius 1 is 1.19 bits per heavy atom. The third-order valence-corrected chi connectivity index (χ3v) is 6.80. The third kappa shape index (κ3) is 4.17. The summed E-state index contributed by atoms with van der Waals surface area (Å²) in [6.45, 7) is 5.85. The van der Waals surface area contributed by atoms with Gasteiger partial charge in [0.05, 0.1) is 6.54 Å². The van der Waals surface area contributed by atoms with E-state index in [9.17, 15) is 14.4 Å². The highest BCUT2D eigenvalue weighted by atomic mass is 16.2. The van der Waals surface area contributed by atoms with Gasteiger partial charge >= 0.3 is 5.69 Å². The zero-order valence-electron chi connectivity index (χ0n) is 20.8. The van der Waals surface area contributed by atoms with Crippen LogP contribution in [0.3, 0.4) is 0 Å². The molecule has 0 bridgehead atoms. The number of para-hydroxylation sites is 1. The lowest BCUT2D eigenvalue weighted by Crippen LogP contribution is -2.44.